The predicted molar refractivity (Wildman–Crippen MR) is 79.8 cm³/mol. The monoisotopic (exact) mass is 339 g/mol. The van der Waals surface area contributed by atoms with Gasteiger partial charge in [0, 0.05) is 23.5 Å². The fourth-order valence-electron chi connectivity index (χ4n) is 1.55. The lowest BCUT2D eigenvalue weighted by Gasteiger charge is -2.11. The number of hydrogen-bond donors (Lipinski definition) is 1. The predicted octanol–water partition coefficient (Wildman–Crippen LogP) is 4.34. The minimum Gasteiger partial charge on any atom is -0.436 e. The summed E-state index contributed by atoms with van der Waals surface area (Å²) >= 11 is 3.28. The van der Waals surface area contributed by atoms with Gasteiger partial charge in [0.1, 0.15) is 11.6 Å². The molecule has 0 bridgehead atoms. The van der Waals surface area contributed by atoms with Crippen LogP contribution in [0.1, 0.15) is 25.6 Å². The van der Waals surface area contributed by atoms with Crippen LogP contribution in [0.4, 0.5) is 10.2 Å². The molecule has 0 saturated carbocycles. The number of halogens is 2. The Balaban J connectivity index is 2.37. The van der Waals surface area contributed by atoms with Crippen LogP contribution in [0.5, 0.6) is 11.6 Å². The molecular weight excluding hydrogens is 325 g/mol. The molecule has 0 unspecified atom stereocenters. The Morgan fingerprint density at radius 3 is 2.65 bits per heavy atom. The average Bonchev–Trinajstić information content (AvgIpc) is 2.42. The van der Waals surface area contributed by atoms with Crippen molar-refractivity contribution in [3.63, 3.8) is 0 Å². The zero-order chi connectivity index (χ0) is 14.7. The zero-order valence-electron chi connectivity index (χ0n) is 11.4. The largest absolute Gasteiger partial charge is 0.436 e. The van der Waals surface area contributed by atoms with Gasteiger partial charge in [-0.2, -0.15) is 4.98 Å². The second kappa shape index (κ2) is 6.17. The normalized spacial score (nSPS) is 10.7. The molecule has 20 heavy (non-hydrogen) atoms. The lowest BCUT2D eigenvalue weighted by atomic mass is 10.2. The van der Waals surface area contributed by atoms with Crippen molar-refractivity contribution in [1.29, 1.82) is 0 Å². The highest BCUT2D eigenvalue weighted by atomic mass is 79.9. The maximum Gasteiger partial charge on any atom is 0.224 e. The summed E-state index contributed by atoms with van der Waals surface area (Å²) in [5.74, 6) is 1.41. The number of aromatic nitrogens is 2. The molecular formula is C14H15BrFN3O. The molecule has 6 heteroatoms. The van der Waals surface area contributed by atoms with Crippen LogP contribution >= 0.6 is 15.9 Å². The molecule has 0 saturated heterocycles. The van der Waals surface area contributed by atoms with E-state index < -0.39 is 5.82 Å². The SMILES string of the molecule is CNc1cc(Oc2cc(Br)ccc2F)nc(C(C)C)n1. The summed E-state index contributed by atoms with van der Waals surface area (Å²) in [5, 5.41) is 2.94. The van der Waals surface area contributed by atoms with E-state index in [4.69, 9.17) is 4.74 Å². The third-order valence-corrected chi connectivity index (χ3v) is 3.09. The van der Waals surface area contributed by atoms with E-state index in [0.29, 0.717) is 17.5 Å². The first-order valence-corrected chi connectivity index (χ1v) is 6.98. The summed E-state index contributed by atoms with van der Waals surface area (Å²) in [5.41, 5.74) is 0. The molecule has 1 aromatic carbocycles. The minimum atomic E-state index is -0.441. The van der Waals surface area contributed by atoms with Crippen molar-refractivity contribution in [2.75, 3.05) is 12.4 Å². The van der Waals surface area contributed by atoms with Gasteiger partial charge in [-0.15, -0.1) is 0 Å². The average molecular weight is 340 g/mol. The summed E-state index contributed by atoms with van der Waals surface area (Å²) in [6.45, 7) is 3.97. The summed E-state index contributed by atoms with van der Waals surface area (Å²) in [7, 11) is 1.76. The lowest BCUT2D eigenvalue weighted by Crippen LogP contribution is -2.03. The lowest BCUT2D eigenvalue weighted by molar-refractivity contribution is 0.423. The van der Waals surface area contributed by atoms with E-state index in [9.17, 15) is 4.39 Å². The van der Waals surface area contributed by atoms with Crippen LogP contribution in [0, 0.1) is 5.82 Å². The maximum absolute atomic E-state index is 13.7. The van der Waals surface area contributed by atoms with Crippen LogP contribution in [0.15, 0.2) is 28.7 Å². The highest BCUT2D eigenvalue weighted by Gasteiger charge is 2.11. The minimum absolute atomic E-state index is 0.120. The van der Waals surface area contributed by atoms with Gasteiger partial charge in [0.2, 0.25) is 5.88 Å². The summed E-state index contributed by atoms with van der Waals surface area (Å²) < 4.78 is 20.0. The number of nitrogens with one attached hydrogen (secondary N) is 1. The molecule has 0 atom stereocenters. The topological polar surface area (TPSA) is 47.0 Å². The second-order valence-electron chi connectivity index (χ2n) is 4.53. The van der Waals surface area contributed by atoms with Crippen molar-refractivity contribution in [1.82, 2.24) is 9.97 Å². The molecule has 106 valence electrons. The molecule has 2 aromatic rings. The van der Waals surface area contributed by atoms with Crippen LogP contribution in [-0.2, 0) is 0 Å². The molecule has 1 aromatic heterocycles. The number of rotatable bonds is 4. The summed E-state index contributed by atoms with van der Waals surface area (Å²) in [6.07, 6.45) is 0. The zero-order valence-corrected chi connectivity index (χ0v) is 13.0. The molecule has 2 rings (SSSR count). The molecule has 1 N–H and O–H groups in total. The highest BCUT2D eigenvalue weighted by Crippen LogP contribution is 2.28. The number of anilines is 1. The fraction of sp³-hybridized carbons (Fsp3) is 0.286. The molecule has 4 nitrogen and oxygen atoms in total. The van der Waals surface area contributed by atoms with Crippen LogP contribution < -0.4 is 10.1 Å². The van der Waals surface area contributed by atoms with Crippen LogP contribution in [0.3, 0.4) is 0 Å². The van der Waals surface area contributed by atoms with E-state index >= 15 is 0 Å². The molecule has 0 radical (unpaired) electrons. The quantitative estimate of drug-likeness (QED) is 0.900. The van der Waals surface area contributed by atoms with Gasteiger partial charge in [0.15, 0.2) is 11.6 Å². The Hall–Kier alpha value is -1.69. The smallest absolute Gasteiger partial charge is 0.224 e. The Morgan fingerprint density at radius 2 is 2.00 bits per heavy atom. The van der Waals surface area contributed by atoms with Gasteiger partial charge in [0.05, 0.1) is 0 Å². The first-order chi connectivity index (χ1) is 9.49. The summed E-state index contributed by atoms with van der Waals surface area (Å²) in [4.78, 5) is 8.62. The maximum atomic E-state index is 13.7. The third-order valence-electron chi connectivity index (χ3n) is 2.60. The van der Waals surface area contributed by atoms with Crippen LogP contribution in [0.25, 0.3) is 0 Å². The first-order valence-electron chi connectivity index (χ1n) is 6.19. The first kappa shape index (κ1) is 14.7. The number of nitrogens with zero attached hydrogens (tertiary/aromatic N) is 2. The Morgan fingerprint density at radius 1 is 1.25 bits per heavy atom. The van der Waals surface area contributed by atoms with Gasteiger partial charge in [-0.1, -0.05) is 29.8 Å². The van der Waals surface area contributed by atoms with Crippen LogP contribution in [0.2, 0.25) is 0 Å². The molecule has 0 aliphatic heterocycles. The van der Waals surface area contributed by atoms with Crippen molar-refractivity contribution in [2.24, 2.45) is 0 Å². The standard InChI is InChI=1S/C14H15BrFN3O/c1-8(2)14-18-12(17-3)7-13(19-14)20-11-6-9(15)4-5-10(11)16/h4-8H,1-3H3,(H,17,18,19). The van der Waals surface area contributed by atoms with Gasteiger partial charge in [-0.05, 0) is 18.2 Å². The molecule has 0 fully saturated rings. The molecule has 0 aliphatic rings. The van der Waals surface area contributed by atoms with E-state index in [1.807, 2.05) is 13.8 Å². The fourth-order valence-corrected chi connectivity index (χ4v) is 1.89. The van der Waals surface area contributed by atoms with Gasteiger partial charge in [0.25, 0.3) is 0 Å². The van der Waals surface area contributed by atoms with Crippen molar-refractivity contribution >= 4 is 21.7 Å². The highest BCUT2D eigenvalue weighted by molar-refractivity contribution is 9.10. The Labute approximate surface area is 125 Å². The van der Waals surface area contributed by atoms with E-state index in [-0.39, 0.29) is 11.7 Å². The van der Waals surface area contributed by atoms with Crippen molar-refractivity contribution in [2.45, 2.75) is 19.8 Å². The van der Waals surface area contributed by atoms with Crippen molar-refractivity contribution < 1.29 is 9.13 Å². The number of ether oxygens (including phenoxy) is 1. The molecule has 0 spiro atoms. The summed E-state index contributed by atoms with van der Waals surface area (Å²) in [6, 6.07) is 6.14. The van der Waals surface area contributed by atoms with Crippen LogP contribution in [-0.4, -0.2) is 17.0 Å². The molecule has 0 amide bonds. The molecule has 0 aliphatic carbocycles. The van der Waals surface area contributed by atoms with E-state index in [2.05, 4.69) is 31.2 Å². The van der Waals surface area contributed by atoms with Crippen molar-refractivity contribution in [3.05, 3.63) is 40.4 Å². The Bertz CT molecular complexity index is 619. The third kappa shape index (κ3) is 3.45. The van der Waals surface area contributed by atoms with Gasteiger partial charge in [-0.25, -0.2) is 9.37 Å². The van der Waals surface area contributed by atoms with Gasteiger partial charge >= 0.3 is 0 Å². The van der Waals surface area contributed by atoms with E-state index in [1.165, 1.54) is 6.07 Å². The van der Waals surface area contributed by atoms with E-state index in [0.717, 1.165) is 4.47 Å². The number of hydrogen-bond acceptors (Lipinski definition) is 4. The molecule has 1 heterocycles. The van der Waals surface area contributed by atoms with Gasteiger partial charge < -0.3 is 10.1 Å². The second-order valence-corrected chi connectivity index (χ2v) is 5.45. The van der Waals surface area contributed by atoms with Crippen molar-refractivity contribution in [3.8, 4) is 11.6 Å². The Kier molecular flexibility index (Phi) is 4.54. The van der Waals surface area contributed by atoms with Gasteiger partial charge in [-0.3, -0.25) is 0 Å². The number of benzene rings is 1. The van der Waals surface area contributed by atoms with E-state index in [1.54, 1.807) is 25.2 Å².